The lowest BCUT2D eigenvalue weighted by Gasteiger charge is -2.12. The van der Waals surface area contributed by atoms with E-state index in [1.54, 1.807) is 18.2 Å². The Bertz CT molecular complexity index is 539. The number of rotatable bonds is 8. The van der Waals surface area contributed by atoms with Crippen molar-refractivity contribution in [3.63, 3.8) is 0 Å². The molecular weight excluding hydrogens is 299 g/mol. The lowest BCUT2D eigenvalue weighted by atomic mass is 10.2. The van der Waals surface area contributed by atoms with Crippen LogP contribution < -0.4 is 11.1 Å². The Hall–Kier alpha value is -2.09. The summed E-state index contributed by atoms with van der Waals surface area (Å²) in [6.45, 7) is 0. The number of benzene rings is 1. The lowest BCUT2D eigenvalue weighted by molar-refractivity contribution is -0.143. The van der Waals surface area contributed by atoms with Crippen LogP contribution in [0.3, 0.4) is 0 Å². The molecule has 8 heteroatoms. The predicted octanol–water partition coefficient (Wildman–Crippen LogP) is 0.753. The van der Waals surface area contributed by atoms with Gasteiger partial charge in [-0.1, -0.05) is 12.1 Å². The van der Waals surface area contributed by atoms with E-state index >= 15 is 0 Å². The van der Waals surface area contributed by atoms with Crippen molar-refractivity contribution in [3.05, 3.63) is 30.1 Å². The van der Waals surface area contributed by atoms with Crippen LogP contribution in [0, 0.1) is 5.82 Å². The van der Waals surface area contributed by atoms with Gasteiger partial charge in [0.25, 0.3) is 0 Å². The third-order valence-electron chi connectivity index (χ3n) is 2.46. The number of nitrogens with one attached hydrogen (secondary N) is 1. The van der Waals surface area contributed by atoms with Crippen LogP contribution in [0.1, 0.15) is 12.8 Å². The lowest BCUT2D eigenvalue weighted by Crippen LogP contribution is -2.43. The molecular formula is C13H15FN2O4S. The first kappa shape index (κ1) is 17.0. The molecule has 1 aromatic carbocycles. The molecule has 0 radical (unpaired) electrons. The summed E-state index contributed by atoms with van der Waals surface area (Å²) in [5, 5.41) is 11.0. The Morgan fingerprint density at radius 3 is 2.57 bits per heavy atom. The molecule has 1 rings (SSSR count). The molecule has 2 amide bonds. The van der Waals surface area contributed by atoms with Crippen LogP contribution in [0.2, 0.25) is 0 Å². The molecule has 0 aromatic heterocycles. The largest absolute Gasteiger partial charge is 0.480 e. The van der Waals surface area contributed by atoms with Crippen LogP contribution in [0.25, 0.3) is 0 Å². The van der Waals surface area contributed by atoms with E-state index in [-0.39, 0.29) is 18.0 Å². The minimum atomic E-state index is -1.34. The third kappa shape index (κ3) is 6.26. The van der Waals surface area contributed by atoms with Crippen molar-refractivity contribution in [2.45, 2.75) is 23.8 Å². The first-order valence-electron chi connectivity index (χ1n) is 6.08. The summed E-state index contributed by atoms with van der Waals surface area (Å²) in [5.41, 5.74) is 4.90. The van der Waals surface area contributed by atoms with Gasteiger partial charge < -0.3 is 16.2 Å². The van der Waals surface area contributed by atoms with Crippen LogP contribution in [-0.2, 0) is 14.4 Å². The maximum absolute atomic E-state index is 13.3. The average Bonchev–Trinajstić information content (AvgIpc) is 2.39. The van der Waals surface area contributed by atoms with Gasteiger partial charge in [0, 0.05) is 17.1 Å². The number of carbonyl (C=O) groups is 3. The van der Waals surface area contributed by atoms with Crippen LogP contribution in [0.15, 0.2) is 29.2 Å². The number of carbonyl (C=O) groups excluding carboxylic acids is 2. The molecule has 0 heterocycles. The number of hydrogen-bond acceptors (Lipinski definition) is 4. The summed E-state index contributed by atoms with van der Waals surface area (Å²) in [6, 6.07) is 4.81. The summed E-state index contributed by atoms with van der Waals surface area (Å²) < 4.78 is 13.3. The van der Waals surface area contributed by atoms with Crippen molar-refractivity contribution < 1.29 is 23.9 Å². The fourth-order valence-corrected chi connectivity index (χ4v) is 2.37. The van der Waals surface area contributed by atoms with Gasteiger partial charge in [-0.2, -0.15) is 0 Å². The van der Waals surface area contributed by atoms with Gasteiger partial charge in [0.1, 0.15) is 11.9 Å². The molecule has 0 spiro atoms. The van der Waals surface area contributed by atoms with Crippen LogP contribution in [-0.4, -0.2) is 34.7 Å². The van der Waals surface area contributed by atoms with Crippen LogP contribution in [0.4, 0.5) is 4.39 Å². The van der Waals surface area contributed by atoms with Gasteiger partial charge in [-0.3, -0.25) is 9.59 Å². The molecule has 0 saturated carbocycles. The van der Waals surface area contributed by atoms with Gasteiger partial charge in [0.05, 0.1) is 6.42 Å². The molecule has 114 valence electrons. The normalized spacial score (nSPS) is 11.7. The fourth-order valence-electron chi connectivity index (χ4n) is 1.48. The van der Waals surface area contributed by atoms with Crippen molar-refractivity contribution in [3.8, 4) is 0 Å². The topological polar surface area (TPSA) is 109 Å². The molecule has 0 aliphatic rings. The quantitative estimate of drug-likeness (QED) is 0.614. The highest BCUT2D eigenvalue weighted by Crippen LogP contribution is 2.21. The molecule has 4 N–H and O–H groups in total. The zero-order valence-corrected chi connectivity index (χ0v) is 11.9. The maximum atomic E-state index is 13.3. The highest BCUT2D eigenvalue weighted by Gasteiger charge is 2.21. The van der Waals surface area contributed by atoms with E-state index in [0.717, 1.165) is 11.8 Å². The van der Waals surface area contributed by atoms with Crippen LogP contribution >= 0.6 is 11.8 Å². The van der Waals surface area contributed by atoms with Crippen LogP contribution in [0.5, 0.6) is 0 Å². The standard InChI is InChI=1S/C13H15FN2O4S/c14-8-3-1-2-4-10(8)21-6-5-12(18)16-9(13(19)20)7-11(15)17/h1-4,9H,5-7H2,(H2,15,17)(H,16,18)(H,19,20)/t9-/m1/s1. The Balaban J connectivity index is 2.41. The van der Waals surface area contributed by atoms with E-state index in [9.17, 15) is 18.8 Å². The van der Waals surface area contributed by atoms with Gasteiger partial charge in [0.2, 0.25) is 11.8 Å². The molecule has 0 aliphatic carbocycles. The second-order valence-electron chi connectivity index (χ2n) is 4.16. The fraction of sp³-hybridized carbons (Fsp3) is 0.308. The van der Waals surface area contributed by atoms with Crippen molar-refractivity contribution in [2.24, 2.45) is 5.73 Å². The first-order chi connectivity index (χ1) is 9.90. The minimum Gasteiger partial charge on any atom is -0.480 e. The zero-order chi connectivity index (χ0) is 15.8. The summed E-state index contributed by atoms with van der Waals surface area (Å²) in [6.07, 6.45) is -0.469. The molecule has 0 saturated heterocycles. The monoisotopic (exact) mass is 314 g/mol. The Kier molecular flexibility index (Phi) is 6.67. The SMILES string of the molecule is NC(=O)C[C@@H](NC(=O)CCSc1ccccc1F)C(=O)O. The van der Waals surface area contributed by atoms with Gasteiger partial charge in [-0.25, -0.2) is 9.18 Å². The number of amides is 2. The molecule has 0 unspecified atom stereocenters. The minimum absolute atomic E-state index is 0.00153. The number of hydrogen-bond donors (Lipinski definition) is 3. The number of nitrogens with two attached hydrogens (primary N) is 1. The van der Waals surface area contributed by atoms with E-state index in [2.05, 4.69) is 5.32 Å². The van der Waals surface area contributed by atoms with Crippen molar-refractivity contribution in [1.82, 2.24) is 5.32 Å². The van der Waals surface area contributed by atoms with E-state index in [1.807, 2.05) is 0 Å². The summed E-state index contributed by atoms with van der Waals surface area (Å²) in [5.74, 6) is -2.77. The third-order valence-corrected chi connectivity index (χ3v) is 3.51. The molecule has 1 aromatic rings. The predicted molar refractivity (Wildman–Crippen MR) is 75.1 cm³/mol. The summed E-state index contributed by atoms with van der Waals surface area (Å²) in [4.78, 5) is 33.5. The van der Waals surface area contributed by atoms with Gasteiger partial charge in [0.15, 0.2) is 0 Å². The number of thioether (sulfide) groups is 1. The molecule has 0 bridgehead atoms. The van der Waals surface area contributed by atoms with E-state index < -0.39 is 30.2 Å². The van der Waals surface area contributed by atoms with Gasteiger partial charge in [-0.15, -0.1) is 11.8 Å². The highest BCUT2D eigenvalue weighted by atomic mass is 32.2. The second-order valence-corrected chi connectivity index (χ2v) is 5.29. The van der Waals surface area contributed by atoms with Crippen molar-refractivity contribution in [2.75, 3.05) is 5.75 Å². The summed E-state index contributed by atoms with van der Waals surface area (Å²) in [7, 11) is 0. The maximum Gasteiger partial charge on any atom is 0.326 e. The van der Waals surface area contributed by atoms with Crippen molar-refractivity contribution >= 4 is 29.5 Å². The van der Waals surface area contributed by atoms with Crippen molar-refractivity contribution in [1.29, 1.82) is 0 Å². The Morgan fingerprint density at radius 1 is 1.33 bits per heavy atom. The number of halogens is 1. The Labute approximate surface area is 124 Å². The van der Waals surface area contributed by atoms with E-state index in [1.165, 1.54) is 6.07 Å². The summed E-state index contributed by atoms with van der Waals surface area (Å²) >= 11 is 1.15. The average molecular weight is 314 g/mol. The molecule has 6 nitrogen and oxygen atoms in total. The molecule has 0 aliphatic heterocycles. The molecule has 1 atom stereocenters. The first-order valence-corrected chi connectivity index (χ1v) is 7.06. The Morgan fingerprint density at radius 2 is 2.00 bits per heavy atom. The number of aliphatic carboxylic acids is 1. The van der Waals surface area contributed by atoms with Gasteiger partial charge >= 0.3 is 5.97 Å². The van der Waals surface area contributed by atoms with E-state index in [4.69, 9.17) is 10.8 Å². The number of carboxylic acids is 1. The molecule has 0 fully saturated rings. The van der Waals surface area contributed by atoms with Gasteiger partial charge in [-0.05, 0) is 12.1 Å². The smallest absolute Gasteiger partial charge is 0.326 e. The number of primary amides is 1. The zero-order valence-electron chi connectivity index (χ0n) is 11.0. The molecule has 21 heavy (non-hydrogen) atoms. The number of carboxylic acid groups (broad SMARTS) is 1. The highest BCUT2D eigenvalue weighted by molar-refractivity contribution is 7.99. The second kappa shape index (κ2) is 8.25. The van der Waals surface area contributed by atoms with E-state index in [0.29, 0.717) is 4.90 Å².